The summed E-state index contributed by atoms with van der Waals surface area (Å²) >= 11 is 0. The van der Waals surface area contributed by atoms with E-state index >= 15 is 0 Å². The minimum Gasteiger partial charge on any atom is -0.381 e. The number of anilines is 2. The molecule has 0 saturated heterocycles. The van der Waals surface area contributed by atoms with Crippen LogP contribution >= 0.6 is 0 Å². The van der Waals surface area contributed by atoms with Crippen LogP contribution in [0.4, 0.5) is 11.4 Å². The average molecular weight is 302 g/mol. The highest BCUT2D eigenvalue weighted by atomic mass is 15.2. The molecule has 0 saturated carbocycles. The molecule has 1 atom stereocenters. The van der Waals surface area contributed by atoms with Crippen molar-refractivity contribution in [2.24, 2.45) is 0 Å². The zero-order valence-corrected chi connectivity index (χ0v) is 13.1. The van der Waals surface area contributed by atoms with Crippen molar-refractivity contribution in [2.75, 3.05) is 23.3 Å². The van der Waals surface area contributed by atoms with Crippen LogP contribution in [-0.4, -0.2) is 19.1 Å². The second kappa shape index (κ2) is 6.42. The van der Waals surface area contributed by atoms with Crippen molar-refractivity contribution in [3.8, 4) is 12.1 Å². The van der Waals surface area contributed by atoms with E-state index in [-0.39, 0.29) is 6.04 Å². The largest absolute Gasteiger partial charge is 0.381 e. The third kappa shape index (κ3) is 2.84. The van der Waals surface area contributed by atoms with Gasteiger partial charge in [-0.25, -0.2) is 0 Å². The molecule has 0 bridgehead atoms. The topological polar surface area (TPSA) is 62.9 Å². The van der Waals surface area contributed by atoms with Gasteiger partial charge in [0.1, 0.15) is 12.1 Å². The van der Waals surface area contributed by atoms with Crippen LogP contribution in [0.2, 0.25) is 0 Å². The van der Waals surface area contributed by atoms with E-state index in [1.165, 1.54) is 11.3 Å². The van der Waals surface area contributed by atoms with Crippen LogP contribution in [0.3, 0.4) is 0 Å². The first-order valence-electron chi connectivity index (χ1n) is 7.76. The lowest BCUT2D eigenvalue weighted by Crippen LogP contribution is -2.36. The predicted octanol–water partition coefficient (Wildman–Crippen LogP) is 3.29. The van der Waals surface area contributed by atoms with Crippen molar-refractivity contribution in [2.45, 2.75) is 19.4 Å². The number of para-hydroxylation sites is 2. The van der Waals surface area contributed by atoms with E-state index in [4.69, 9.17) is 0 Å². The Morgan fingerprint density at radius 3 is 2.48 bits per heavy atom. The van der Waals surface area contributed by atoms with Crippen molar-refractivity contribution in [3.05, 3.63) is 59.2 Å². The zero-order valence-electron chi connectivity index (χ0n) is 13.1. The van der Waals surface area contributed by atoms with Gasteiger partial charge in [0.05, 0.1) is 16.8 Å². The minimum absolute atomic E-state index is 0.275. The molecule has 1 aliphatic heterocycles. The van der Waals surface area contributed by atoms with Crippen LogP contribution in [0.5, 0.6) is 0 Å². The highest BCUT2D eigenvalue weighted by Gasteiger charge is 2.23. The molecular weight excluding hydrogens is 284 g/mol. The second-order valence-corrected chi connectivity index (χ2v) is 5.75. The van der Waals surface area contributed by atoms with Crippen LogP contribution in [0.15, 0.2) is 42.5 Å². The number of fused-ring (bicyclic) bond motifs is 1. The molecule has 2 aromatic rings. The molecule has 2 aromatic carbocycles. The third-order valence-electron chi connectivity index (χ3n) is 4.33. The number of rotatable bonds is 4. The molecule has 0 amide bonds. The molecule has 1 aliphatic rings. The first-order chi connectivity index (χ1) is 11.2. The quantitative estimate of drug-likeness (QED) is 0.941. The molecule has 23 heavy (non-hydrogen) atoms. The highest BCUT2D eigenvalue weighted by Crippen LogP contribution is 2.29. The van der Waals surface area contributed by atoms with E-state index in [0.717, 1.165) is 13.0 Å². The molecule has 1 heterocycles. The summed E-state index contributed by atoms with van der Waals surface area (Å²) in [5.41, 5.74) is 4.33. The Bertz CT molecular complexity index is 765. The van der Waals surface area contributed by atoms with Crippen LogP contribution in [0.25, 0.3) is 0 Å². The van der Waals surface area contributed by atoms with Crippen LogP contribution < -0.4 is 10.2 Å². The van der Waals surface area contributed by atoms with Crippen molar-refractivity contribution < 1.29 is 0 Å². The lowest BCUT2D eigenvalue weighted by atomic mass is 10.1. The van der Waals surface area contributed by atoms with E-state index in [0.29, 0.717) is 23.4 Å². The van der Waals surface area contributed by atoms with E-state index in [2.05, 4.69) is 53.5 Å². The molecule has 114 valence electrons. The molecule has 0 spiro atoms. The van der Waals surface area contributed by atoms with Crippen LogP contribution in [0.1, 0.15) is 23.6 Å². The second-order valence-electron chi connectivity index (χ2n) is 5.75. The van der Waals surface area contributed by atoms with Gasteiger partial charge in [-0.05, 0) is 37.1 Å². The molecular formula is C19H18N4. The summed E-state index contributed by atoms with van der Waals surface area (Å²) in [7, 11) is 0. The van der Waals surface area contributed by atoms with Gasteiger partial charge in [-0.1, -0.05) is 24.3 Å². The summed E-state index contributed by atoms with van der Waals surface area (Å²) in [4.78, 5) is 2.38. The van der Waals surface area contributed by atoms with E-state index in [1.807, 2.05) is 0 Å². The minimum atomic E-state index is 0.275. The number of hydrogen-bond acceptors (Lipinski definition) is 4. The summed E-state index contributed by atoms with van der Waals surface area (Å²) < 4.78 is 0. The van der Waals surface area contributed by atoms with E-state index in [9.17, 15) is 10.5 Å². The van der Waals surface area contributed by atoms with Gasteiger partial charge in [0.15, 0.2) is 0 Å². The van der Waals surface area contributed by atoms with Gasteiger partial charge in [0.2, 0.25) is 0 Å². The molecule has 1 unspecified atom stereocenters. The summed E-state index contributed by atoms with van der Waals surface area (Å²) in [5.74, 6) is 0. The number of hydrogen-bond donors (Lipinski definition) is 1. The molecule has 0 radical (unpaired) electrons. The maximum atomic E-state index is 9.24. The fourth-order valence-electron chi connectivity index (χ4n) is 3.11. The van der Waals surface area contributed by atoms with Gasteiger partial charge >= 0.3 is 0 Å². The Labute approximate surface area is 136 Å². The predicted molar refractivity (Wildman–Crippen MR) is 91.3 cm³/mol. The lowest BCUT2D eigenvalue weighted by Gasteiger charge is -2.28. The lowest BCUT2D eigenvalue weighted by molar-refractivity contribution is 0.680. The average Bonchev–Trinajstić information content (AvgIpc) is 3.03. The Balaban J connectivity index is 1.75. The Kier molecular flexibility index (Phi) is 4.17. The molecule has 0 aliphatic carbocycles. The smallest absolute Gasteiger partial charge is 0.101 e. The zero-order chi connectivity index (χ0) is 16.2. The van der Waals surface area contributed by atoms with Gasteiger partial charge in [0.25, 0.3) is 0 Å². The maximum absolute atomic E-state index is 9.24. The van der Waals surface area contributed by atoms with Gasteiger partial charge < -0.3 is 10.2 Å². The summed E-state index contributed by atoms with van der Waals surface area (Å²) in [6, 6.07) is 18.3. The van der Waals surface area contributed by atoms with Gasteiger partial charge in [-0.2, -0.15) is 10.5 Å². The maximum Gasteiger partial charge on any atom is 0.101 e. The van der Waals surface area contributed by atoms with Gasteiger partial charge in [0, 0.05) is 24.8 Å². The molecule has 4 nitrogen and oxygen atoms in total. The van der Waals surface area contributed by atoms with Crippen molar-refractivity contribution >= 4 is 11.4 Å². The van der Waals surface area contributed by atoms with Crippen LogP contribution in [-0.2, 0) is 6.42 Å². The summed E-state index contributed by atoms with van der Waals surface area (Å²) in [5, 5.41) is 21.8. The van der Waals surface area contributed by atoms with Crippen molar-refractivity contribution in [1.29, 1.82) is 10.5 Å². The summed E-state index contributed by atoms with van der Waals surface area (Å²) in [6.45, 7) is 3.85. The normalized spacial score (nSPS) is 13.8. The first kappa shape index (κ1) is 14.9. The third-order valence-corrected chi connectivity index (χ3v) is 4.33. The number of nitrogens with one attached hydrogen (secondary N) is 1. The fourth-order valence-corrected chi connectivity index (χ4v) is 3.11. The monoisotopic (exact) mass is 302 g/mol. The molecule has 0 aromatic heterocycles. The van der Waals surface area contributed by atoms with E-state index < -0.39 is 0 Å². The first-order valence-corrected chi connectivity index (χ1v) is 7.76. The molecule has 4 heteroatoms. The van der Waals surface area contributed by atoms with Gasteiger partial charge in [-0.15, -0.1) is 0 Å². The molecule has 1 N–H and O–H groups in total. The Hall–Kier alpha value is -2.98. The fraction of sp³-hybridized carbons (Fsp3) is 0.263. The summed E-state index contributed by atoms with van der Waals surface area (Å²) in [6.07, 6.45) is 1.07. The molecule has 3 rings (SSSR count). The SMILES string of the molecule is CC(CNc1c(C#N)cccc1C#N)N1CCc2ccccc21. The molecule has 0 fully saturated rings. The van der Waals surface area contributed by atoms with E-state index in [1.54, 1.807) is 18.2 Å². The number of benzene rings is 2. The standard InChI is InChI=1S/C19H18N4/c1-14(23-10-9-15-5-2-3-8-18(15)23)13-22-19-16(11-20)6-4-7-17(19)12-21/h2-8,14,22H,9-10,13H2,1H3. The van der Waals surface area contributed by atoms with Crippen molar-refractivity contribution in [3.63, 3.8) is 0 Å². The number of nitriles is 2. The van der Waals surface area contributed by atoms with Crippen LogP contribution in [0, 0.1) is 22.7 Å². The Morgan fingerprint density at radius 2 is 1.78 bits per heavy atom. The van der Waals surface area contributed by atoms with Gasteiger partial charge in [-0.3, -0.25) is 0 Å². The number of nitrogens with zero attached hydrogens (tertiary/aromatic N) is 3. The Morgan fingerprint density at radius 1 is 1.09 bits per heavy atom. The van der Waals surface area contributed by atoms with Crippen molar-refractivity contribution in [1.82, 2.24) is 0 Å². The highest BCUT2D eigenvalue weighted by molar-refractivity contribution is 5.67.